The SMILES string of the molecule is CCN(C)C(C)(C)C=O. The van der Waals surface area contributed by atoms with Crippen LogP contribution in [0.25, 0.3) is 0 Å². The summed E-state index contributed by atoms with van der Waals surface area (Å²) in [5.41, 5.74) is -0.297. The van der Waals surface area contributed by atoms with Crippen LogP contribution in [0.2, 0.25) is 0 Å². The van der Waals surface area contributed by atoms with Gasteiger partial charge in [0.05, 0.1) is 5.54 Å². The molecule has 0 aliphatic carbocycles. The van der Waals surface area contributed by atoms with Crippen molar-refractivity contribution in [1.82, 2.24) is 4.90 Å². The van der Waals surface area contributed by atoms with Gasteiger partial charge in [0.15, 0.2) is 0 Å². The fraction of sp³-hybridized carbons (Fsp3) is 0.857. The number of likely N-dealkylation sites (N-methyl/N-ethyl adjacent to an activating group) is 1. The Morgan fingerprint density at radius 2 is 2.00 bits per heavy atom. The first-order valence-electron chi connectivity index (χ1n) is 3.22. The van der Waals surface area contributed by atoms with E-state index in [9.17, 15) is 4.79 Å². The van der Waals surface area contributed by atoms with E-state index in [1.165, 1.54) is 0 Å². The van der Waals surface area contributed by atoms with Gasteiger partial charge in [0, 0.05) is 0 Å². The molecule has 2 nitrogen and oxygen atoms in total. The minimum atomic E-state index is -0.297. The molecule has 0 heterocycles. The van der Waals surface area contributed by atoms with Crippen molar-refractivity contribution in [2.24, 2.45) is 0 Å². The Labute approximate surface area is 56.9 Å². The molecule has 9 heavy (non-hydrogen) atoms. The lowest BCUT2D eigenvalue weighted by Crippen LogP contribution is -2.42. The zero-order valence-electron chi connectivity index (χ0n) is 6.64. The predicted molar refractivity (Wildman–Crippen MR) is 38.4 cm³/mol. The molecule has 0 rings (SSSR count). The second-order valence-corrected chi connectivity index (χ2v) is 2.79. The molecular weight excluding hydrogens is 114 g/mol. The fourth-order valence-corrected chi connectivity index (χ4v) is 0.497. The second kappa shape index (κ2) is 2.97. The molecule has 0 saturated heterocycles. The molecule has 0 atom stereocenters. The molecule has 0 aromatic carbocycles. The summed E-state index contributed by atoms with van der Waals surface area (Å²) in [7, 11) is 1.94. The molecule has 0 saturated carbocycles. The average molecular weight is 129 g/mol. The Kier molecular flexibility index (Phi) is 2.85. The lowest BCUT2D eigenvalue weighted by atomic mass is 10.1. The molecule has 0 aliphatic rings. The predicted octanol–water partition coefficient (Wildman–Crippen LogP) is 0.916. The largest absolute Gasteiger partial charge is 0.301 e. The molecule has 0 bridgehead atoms. The van der Waals surface area contributed by atoms with E-state index in [1.54, 1.807) is 0 Å². The van der Waals surface area contributed by atoms with Crippen LogP contribution < -0.4 is 0 Å². The fourth-order valence-electron chi connectivity index (χ4n) is 0.497. The highest BCUT2D eigenvalue weighted by molar-refractivity contribution is 5.62. The lowest BCUT2D eigenvalue weighted by Gasteiger charge is -2.28. The quantitative estimate of drug-likeness (QED) is 0.528. The number of hydrogen-bond donors (Lipinski definition) is 0. The van der Waals surface area contributed by atoms with Crippen molar-refractivity contribution < 1.29 is 4.79 Å². The average Bonchev–Trinajstić information content (AvgIpc) is 1.86. The van der Waals surface area contributed by atoms with Crippen LogP contribution in [0.5, 0.6) is 0 Å². The van der Waals surface area contributed by atoms with Gasteiger partial charge >= 0.3 is 0 Å². The van der Waals surface area contributed by atoms with Gasteiger partial charge in [-0.1, -0.05) is 6.92 Å². The van der Waals surface area contributed by atoms with Gasteiger partial charge in [0.1, 0.15) is 6.29 Å². The van der Waals surface area contributed by atoms with E-state index in [-0.39, 0.29) is 5.54 Å². The van der Waals surface area contributed by atoms with Crippen LogP contribution in [0.1, 0.15) is 20.8 Å². The summed E-state index contributed by atoms with van der Waals surface area (Å²) in [4.78, 5) is 12.4. The minimum absolute atomic E-state index is 0.297. The van der Waals surface area contributed by atoms with E-state index in [2.05, 4.69) is 0 Å². The van der Waals surface area contributed by atoms with Gasteiger partial charge in [-0.2, -0.15) is 0 Å². The molecule has 54 valence electrons. The highest BCUT2D eigenvalue weighted by Crippen LogP contribution is 2.06. The first kappa shape index (κ1) is 8.63. The van der Waals surface area contributed by atoms with Crippen molar-refractivity contribution in [3.8, 4) is 0 Å². The Bertz CT molecular complexity index is 99.1. The molecule has 0 N–H and O–H groups in total. The van der Waals surface area contributed by atoms with Crippen molar-refractivity contribution in [3.63, 3.8) is 0 Å². The van der Waals surface area contributed by atoms with Crippen LogP contribution in [-0.2, 0) is 4.79 Å². The second-order valence-electron chi connectivity index (χ2n) is 2.79. The van der Waals surface area contributed by atoms with E-state index in [0.29, 0.717) is 0 Å². The maximum absolute atomic E-state index is 10.4. The van der Waals surface area contributed by atoms with E-state index in [4.69, 9.17) is 0 Å². The van der Waals surface area contributed by atoms with Crippen molar-refractivity contribution >= 4 is 6.29 Å². The third-order valence-corrected chi connectivity index (χ3v) is 1.75. The van der Waals surface area contributed by atoms with Gasteiger partial charge in [-0.15, -0.1) is 0 Å². The highest BCUT2D eigenvalue weighted by atomic mass is 16.1. The topological polar surface area (TPSA) is 20.3 Å². The number of rotatable bonds is 3. The van der Waals surface area contributed by atoms with Crippen molar-refractivity contribution in [1.29, 1.82) is 0 Å². The van der Waals surface area contributed by atoms with Gasteiger partial charge in [0.2, 0.25) is 0 Å². The zero-order chi connectivity index (χ0) is 7.49. The lowest BCUT2D eigenvalue weighted by molar-refractivity contribution is -0.116. The smallest absolute Gasteiger partial charge is 0.139 e. The normalized spacial score (nSPS) is 12.1. The summed E-state index contributed by atoms with van der Waals surface area (Å²) in [6.45, 7) is 6.75. The summed E-state index contributed by atoms with van der Waals surface area (Å²) >= 11 is 0. The first-order valence-corrected chi connectivity index (χ1v) is 3.22. The van der Waals surface area contributed by atoms with E-state index < -0.39 is 0 Å². The molecule has 2 heteroatoms. The standard InChI is InChI=1S/C7H15NO/c1-5-8(4)7(2,3)6-9/h6H,5H2,1-4H3. The first-order chi connectivity index (χ1) is 4.04. The third-order valence-electron chi connectivity index (χ3n) is 1.75. The van der Waals surface area contributed by atoms with Crippen LogP contribution >= 0.6 is 0 Å². The van der Waals surface area contributed by atoms with Crippen molar-refractivity contribution in [2.75, 3.05) is 13.6 Å². The van der Waals surface area contributed by atoms with E-state index >= 15 is 0 Å². The van der Waals surface area contributed by atoms with Crippen LogP contribution in [0, 0.1) is 0 Å². The molecule has 0 aromatic rings. The van der Waals surface area contributed by atoms with Gasteiger partial charge in [-0.3, -0.25) is 4.90 Å². The van der Waals surface area contributed by atoms with Crippen molar-refractivity contribution in [2.45, 2.75) is 26.3 Å². The van der Waals surface area contributed by atoms with Crippen LogP contribution in [-0.4, -0.2) is 30.3 Å². The van der Waals surface area contributed by atoms with Crippen LogP contribution in [0.15, 0.2) is 0 Å². The third kappa shape index (κ3) is 2.14. The number of aldehydes is 1. The number of hydrogen-bond acceptors (Lipinski definition) is 2. The van der Waals surface area contributed by atoms with Crippen LogP contribution in [0.3, 0.4) is 0 Å². The molecule has 0 aliphatic heterocycles. The Hall–Kier alpha value is -0.370. The number of nitrogens with zero attached hydrogens (tertiary/aromatic N) is 1. The van der Waals surface area contributed by atoms with E-state index in [1.807, 2.05) is 32.7 Å². The molecule has 0 amide bonds. The van der Waals surface area contributed by atoms with Gasteiger partial charge in [-0.25, -0.2) is 0 Å². The summed E-state index contributed by atoms with van der Waals surface area (Å²) in [5, 5.41) is 0. The monoisotopic (exact) mass is 129 g/mol. The zero-order valence-corrected chi connectivity index (χ0v) is 6.64. The van der Waals surface area contributed by atoms with Crippen molar-refractivity contribution in [3.05, 3.63) is 0 Å². The summed E-state index contributed by atoms with van der Waals surface area (Å²) in [5.74, 6) is 0. The maximum atomic E-state index is 10.4. The minimum Gasteiger partial charge on any atom is -0.301 e. The van der Waals surface area contributed by atoms with Gasteiger partial charge in [0.25, 0.3) is 0 Å². The molecular formula is C7H15NO. The molecule has 0 aromatic heterocycles. The Morgan fingerprint density at radius 3 is 2.11 bits per heavy atom. The summed E-state index contributed by atoms with van der Waals surface area (Å²) < 4.78 is 0. The molecule has 0 fully saturated rings. The number of carbonyl (C=O) groups excluding carboxylic acids is 1. The van der Waals surface area contributed by atoms with Gasteiger partial charge in [-0.05, 0) is 27.4 Å². The molecule has 0 radical (unpaired) electrons. The Balaban J connectivity index is 3.95. The van der Waals surface area contributed by atoms with Crippen LogP contribution in [0.4, 0.5) is 0 Å². The maximum Gasteiger partial charge on any atom is 0.139 e. The molecule has 0 unspecified atom stereocenters. The number of carbonyl (C=O) groups is 1. The Morgan fingerprint density at radius 1 is 1.56 bits per heavy atom. The van der Waals surface area contributed by atoms with E-state index in [0.717, 1.165) is 12.8 Å². The van der Waals surface area contributed by atoms with Gasteiger partial charge < -0.3 is 4.79 Å². The highest BCUT2D eigenvalue weighted by Gasteiger charge is 2.20. The summed E-state index contributed by atoms with van der Waals surface area (Å²) in [6, 6.07) is 0. The summed E-state index contributed by atoms with van der Waals surface area (Å²) in [6.07, 6.45) is 0.969. The molecule has 0 spiro atoms.